The van der Waals surface area contributed by atoms with Crippen LogP contribution in [0.4, 0.5) is 0 Å². The molecule has 2 rings (SSSR count). The van der Waals surface area contributed by atoms with Gasteiger partial charge in [-0.25, -0.2) is 0 Å². The van der Waals surface area contributed by atoms with E-state index in [0.29, 0.717) is 12.0 Å². The van der Waals surface area contributed by atoms with Gasteiger partial charge in [0.05, 0.1) is 0 Å². The van der Waals surface area contributed by atoms with E-state index in [2.05, 4.69) is 18.7 Å². The first-order valence-electron chi connectivity index (χ1n) is 7.62. The number of carbonyl (C=O) groups is 1. The number of hydrogen-bond acceptors (Lipinski definition) is 2. The minimum Gasteiger partial charge on any atom is -0.480 e. The Morgan fingerprint density at radius 3 is 2.67 bits per heavy atom. The fraction of sp³-hybridized carbons (Fsp3) is 0.933. The number of likely N-dealkylation sites (tertiary alicyclic amines) is 1. The van der Waals surface area contributed by atoms with Crippen molar-refractivity contribution in [3.63, 3.8) is 0 Å². The lowest BCUT2D eigenvalue weighted by molar-refractivity contribution is -0.144. The fourth-order valence-corrected chi connectivity index (χ4v) is 3.87. The van der Waals surface area contributed by atoms with Gasteiger partial charge >= 0.3 is 5.97 Å². The second-order valence-corrected chi connectivity index (χ2v) is 6.22. The first-order valence-corrected chi connectivity index (χ1v) is 7.62. The molecule has 1 saturated carbocycles. The fourth-order valence-electron chi connectivity index (χ4n) is 3.87. The Bertz CT molecular complexity index is 292. The molecule has 1 aliphatic heterocycles. The highest BCUT2D eigenvalue weighted by Crippen LogP contribution is 2.33. The van der Waals surface area contributed by atoms with Crippen LogP contribution in [0.2, 0.25) is 0 Å². The van der Waals surface area contributed by atoms with Crippen LogP contribution in [0.15, 0.2) is 0 Å². The molecule has 18 heavy (non-hydrogen) atoms. The first-order chi connectivity index (χ1) is 8.63. The molecule has 0 aromatic rings. The lowest BCUT2D eigenvalue weighted by Gasteiger charge is -2.31. The number of hydrogen-bond donors (Lipinski definition) is 1. The number of aliphatic carboxylic acids is 1. The zero-order valence-electron chi connectivity index (χ0n) is 11.8. The summed E-state index contributed by atoms with van der Waals surface area (Å²) in [4.78, 5) is 13.7. The maximum absolute atomic E-state index is 11.4. The number of carboxylic acid groups (broad SMARTS) is 1. The Morgan fingerprint density at radius 1 is 1.22 bits per heavy atom. The quantitative estimate of drug-likeness (QED) is 0.786. The van der Waals surface area contributed by atoms with Gasteiger partial charge in [0, 0.05) is 6.04 Å². The standard InChI is InChI=1S/C15H27NO2/c1-3-12-5-4-6-13(8-7-12)16-10-9-11(2)14(16)15(17)18/h11-14H,3-10H2,1-2H3,(H,17,18). The molecule has 0 aromatic carbocycles. The summed E-state index contributed by atoms with van der Waals surface area (Å²) in [7, 11) is 0. The number of nitrogens with zero attached hydrogens (tertiary/aromatic N) is 1. The topological polar surface area (TPSA) is 40.5 Å². The minimum absolute atomic E-state index is 0.229. The number of carboxylic acids is 1. The molecule has 3 heteroatoms. The van der Waals surface area contributed by atoms with E-state index in [1.165, 1.54) is 38.5 Å². The molecular weight excluding hydrogens is 226 g/mol. The predicted molar refractivity (Wildman–Crippen MR) is 72.6 cm³/mol. The zero-order chi connectivity index (χ0) is 13.1. The average molecular weight is 253 g/mol. The van der Waals surface area contributed by atoms with Crippen LogP contribution in [0.25, 0.3) is 0 Å². The highest BCUT2D eigenvalue weighted by Gasteiger charge is 2.40. The van der Waals surface area contributed by atoms with Crippen LogP contribution in [0.3, 0.4) is 0 Å². The molecule has 0 aromatic heterocycles. The summed E-state index contributed by atoms with van der Waals surface area (Å²) in [5.74, 6) is 0.572. The minimum atomic E-state index is -0.615. The SMILES string of the molecule is CCC1CCCC(N2CCC(C)C2C(=O)O)CC1. The molecular formula is C15H27NO2. The summed E-state index contributed by atoms with van der Waals surface area (Å²) < 4.78 is 0. The van der Waals surface area contributed by atoms with Gasteiger partial charge in [-0.2, -0.15) is 0 Å². The monoisotopic (exact) mass is 253 g/mol. The zero-order valence-corrected chi connectivity index (χ0v) is 11.8. The molecule has 3 nitrogen and oxygen atoms in total. The van der Waals surface area contributed by atoms with Gasteiger partial charge in [0.15, 0.2) is 0 Å². The van der Waals surface area contributed by atoms with Gasteiger partial charge in [0.1, 0.15) is 6.04 Å². The van der Waals surface area contributed by atoms with Crippen molar-refractivity contribution in [2.45, 2.75) is 70.9 Å². The van der Waals surface area contributed by atoms with Crippen molar-refractivity contribution in [2.24, 2.45) is 11.8 Å². The van der Waals surface area contributed by atoms with Gasteiger partial charge in [-0.3, -0.25) is 9.69 Å². The van der Waals surface area contributed by atoms with E-state index in [1.54, 1.807) is 0 Å². The maximum atomic E-state index is 11.4. The molecule has 104 valence electrons. The molecule has 4 atom stereocenters. The largest absolute Gasteiger partial charge is 0.480 e. The highest BCUT2D eigenvalue weighted by molar-refractivity contribution is 5.74. The molecule has 2 aliphatic rings. The molecule has 2 fully saturated rings. The average Bonchev–Trinajstić information content (AvgIpc) is 2.59. The van der Waals surface area contributed by atoms with Crippen molar-refractivity contribution in [3.8, 4) is 0 Å². The Hall–Kier alpha value is -0.570. The summed E-state index contributed by atoms with van der Waals surface area (Å²) in [6, 6.07) is 0.292. The predicted octanol–water partition coefficient (Wildman–Crippen LogP) is 3.14. The van der Waals surface area contributed by atoms with Gasteiger partial charge < -0.3 is 5.11 Å². The van der Waals surface area contributed by atoms with Gasteiger partial charge in [-0.1, -0.05) is 33.1 Å². The van der Waals surface area contributed by atoms with E-state index in [0.717, 1.165) is 18.9 Å². The Balaban J connectivity index is 2.00. The maximum Gasteiger partial charge on any atom is 0.321 e. The van der Waals surface area contributed by atoms with E-state index in [4.69, 9.17) is 0 Å². The Labute approximate surface area is 111 Å². The molecule has 1 N–H and O–H groups in total. The van der Waals surface area contributed by atoms with Crippen molar-refractivity contribution >= 4 is 5.97 Å². The third kappa shape index (κ3) is 2.87. The van der Waals surface area contributed by atoms with Crippen molar-refractivity contribution < 1.29 is 9.90 Å². The summed E-state index contributed by atoms with van der Waals surface area (Å²) in [6.45, 7) is 5.35. The van der Waals surface area contributed by atoms with Crippen molar-refractivity contribution in [3.05, 3.63) is 0 Å². The summed E-state index contributed by atoms with van der Waals surface area (Å²) in [5, 5.41) is 9.41. The van der Waals surface area contributed by atoms with Gasteiger partial charge in [0.2, 0.25) is 0 Å². The van der Waals surface area contributed by atoms with Crippen molar-refractivity contribution in [1.29, 1.82) is 0 Å². The van der Waals surface area contributed by atoms with Gasteiger partial charge in [-0.05, 0) is 44.1 Å². The van der Waals surface area contributed by atoms with Crippen LogP contribution < -0.4 is 0 Å². The second kappa shape index (κ2) is 6.05. The summed E-state index contributed by atoms with van der Waals surface area (Å²) in [6.07, 6.45) is 8.64. The second-order valence-electron chi connectivity index (χ2n) is 6.22. The van der Waals surface area contributed by atoms with E-state index >= 15 is 0 Å². The van der Waals surface area contributed by atoms with Gasteiger partial charge in [-0.15, -0.1) is 0 Å². The van der Waals surface area contributed by atoms with Crippen LogP contribution in [0.1, 0.15) is 58.8 Å². The van der Waals surface area contributed by atoms with Crippen molar-refractivity contribution in [1.82, 2.24) is 4.90 Å². The van der Waals surface area contributed by atoms with Crippen molar-refractivity contribution in [2.75, 3.05) is 6.54 Å². The highest BCUT2D eigenvalue weighted by atomic mass is 16.4. The molecule has 0 bridgehead atoms. The molecule has 1 aliphatic carbocycles. The number of rotatable bonds is 3. The van der Waals surface area contributed by atoms with E-state index in [1.807, 2.05) is 0 Å². The smallest absolute Gasteiger partial charge is 0.321 e. The van der Waals surface area contributed by atoms with Crippen LogP contribution in [-0.4, -0.2) is 34.6 Å². The van der Waals surface area contributed by atoms with Crippen LogP contribution in [0, 0.1) is 11.8 Å². The molecule has 1 heterocycles. The molecule has 0 spiro atoms. The Morgan fingerprint density at radius 2 is 2.00 bits per heavy atom. The Kier molecular flexibility index (Phi) is 4.66. The molecule has 0 radical (unpaired) electrons. The summed E-state index contributed by atoms with van der Waals surface area (Å²) >= 11 is 0. The summed E-state index contributed by atoms with van der Waals surface area (Å²) in [5.41, 5.74) is 0. The molecule has 0 amide bonds. The van der Waals surface area contributed by atoms with Crippen LogP contribution in [0.5, 0.6) is 0 Å². The van der Waals surface area contributed by atoms with Crippen LogP contribution >= 0.6 is 0 Å². The van der Waals surface area contributed by atoms with Crippen LogP contribution in [-0.2, 0) is 4.79 Å². The lowest BCUT2D eigenvalue weighted by atomic mass is 9.97. The third-order valence-electron chi connectivity index (χ3n) is 5.10. The molecule has 4 unspecified atom stereocenters. The van der Waals surface area contributed by atoms with Gasteiger partial charge in [0.25, 0.3) is 0 Å². The van der Waals surface area contributed by atoms with E-state index < -0.39 is 5.97 Å². The lowest BCUT2D eigenvalue weighted by Crippen LogP contribution is -2.45. The molecule has 1 saturated heterocycles. The van der Waals surface area contributed by atoms with E-state index in [9.17, 15) is 9.90 Å². The van der Waals surface area contributed by atoms with E-state index in [-0.39, 0.29) is 6.04 Å². The third-order valence-corrected chi connectivity index (χ3v) is 5.10. The normalized spacial score (nSPS) is 38.6. The first kappa shape index (κ1) is 13.9.